The van der Waals surface area contributed by atoms with Gasteiger partial charge in [0, 0.05) is 13.1 Å². The first-order chi connectivity index (χ1) is 8.66. The van der Waals surface area contributed by atoms with Crippen molar-refractivity contribution < 1.29 is 4.79 Å². The van der Waals surface area contributed by atoms with Gasteiger partial charge >= 0.3 is 5.69 Å². The highest BCUT2D eigenvalue weighted by Gasteiger charge is 2.16. The predicted molar refractivity (Wildman–Crippen MR) is 64.2 cm³/mol. The Balaban J connectivity index is 2.06. The van der Waals surface area contributed by atoms with Crippen molar-refractivity contribution in [1.29, 1.82) is 0 Å². The molecule has 1 aliphatic rings. The first-order valence-electron chi connectivity index (χ1n) is 6.11. The Labute approximate surface area is 103 Å². The number of aromatic amines is 1. The minimum Gasteiger partial charge on any atom is -0.341 e. The van der Waals surface area contributed by atoms with Crippen LogP contribution in [0, 0.1) is 0 Å². The first-order valence-corrected chi connectivity index (χ1v) is 6.11. The van der Waals surface area contributed by atoms with Crippen LogP contribution in [0.3, 0.4) is 0 Å². The number of nitrogens with one attached hydrogen (secondary N) is 1. The predicted octanol–water partition coefficient (Wildman–Crippen LogP) is -0.666. The summed E-state index contributed by atoms with van der Waals surface area (Å²) in [7, 11) is 0. The second-order valence-electron chi connectivity index (χ2n) is 4.39. The van der Waals surface area contributed by atoms with Crippen LogP contribution >= 0.6 is 0 Å². The fraction of sp³-hybridized carbons (Fsp3) is 0.636. The van der Waals surface area contributed by atoms with Gasteiger partial charge in [0.1, 0.15) is 12.7 Å². The molecule has 1 N–H and O–H groups in total. The second-order valence-corrected chi connectivity index (χ2v) is 4.39. The maximum absolute atomic E-state index is 12.0. The normalized spacial score (nSPS) is 16.3. The summed E-state index contributed by atoms with van der Waals surface area (Å²) in [6.45, 7) is 1.35. The lowest BCUT2D eigenvalue weighted by Crippen LogP contribution is -2.40. The average Bonchev–Trinajstić information content (AvgIpc) is 2.61. The Morgan fingerprint density at radius 1 is 1.22 bits per heavy atom. The highest BCUT2D eigenvalue weighted by molar-refractivity contribution is 5.75. The molecule has 0 bridgehead atoms. The van der Waals surface area contributed by atoms with Crippen molar-refractivity contribution in [2.75, 3.05) is 13.1 Å². The molecule has 0 unspecified atom stereocenters. The Morgan fingerprint density at radius 3 is 2.50 bits per heavy atom. The number of H-pyrrole nitrogens is 1. The monoisotopic (exact) mass is 252 g/mol. The largest absolute Gasteiger partial charge is 0.345 e. The molecule has 1 saturated heterocycles. The molecule has 18 heavy (non-hydrogen) atoms. The number of aromatic nitrogens is 3. The zero-order valence-electron chi connectivity index (χ0n) is 10.1. The van der Waals surface area contributed by atoms with Crippen molar-refractivity contribution >= 4 is 5.91 Å². The van der Waals surface area contributed by atoms with Crippen LogP contribution in [-0.4, -0.2) is 38.7 Å². The molecule has 1 aromatic heterocycles. The topological polar surface area (TPSA) is 88.1 Å². The van der Waals surface area contributed by atoms with Gasteiger partial charge in [-0.2, -0.15) is 5.10 Å². The lowest BCUT2D eigenvalue weighted by molar-refractivity contribution is -0.132. The molecule has 0 spiro atoms. The van der Waals surface area contributed by atoms with E-state index in [1.165, 1.54) is 0 Å². The van der Waals surface area contributed by atoms with E-state index in [1.54, 1.807) is 4.90 Å². The number of amides is 1. The van der Waals surface area contributed by atoms with Crippen molar-refractivity contribution in [3.63, 3.8) is 0 Å². The van der Waals surface area contributed by atoms with Gasteiger partial charge < -0.3 is 4.90 Å². The van der Waals surface area contributed by atoms with Crippen molar-refractivity contribution in [2.45, 2.75) is 32.2 Å². The summed E-state index contributed by atoms with van der Waals surface area (Å²) in [4.78, 5) is 38.1. The molecule has 0 aromatic carbocycles. The van der Waals surface area contributed by atoms with Crippen molar-refractivity contribution in [3.8, 4) is 0 Å². The van der Waals surface area contributed by atoms with E-state index < -0.39 is 11.2 Å². The zero-order valence-corrected chi connectivity index (χ0v) is 10.1. The van der Waals surface area contributed by atoms with E-state index in [-0.39, 0.29) is 12.5 Å². The molecular weight excluding hydrogens is 236 g/mol. The summed E-state index contributed by atoms with van der Waals surface area (Å²) in [6.07, 6.45) is 5.28. The summed E-state index contributed by atoms with van der Waals surface area (Å²) in [5, 5.41) is 3.65. The van der Waals surface area contributed by atoms with Crippen LogP contribution in [-0.2, 0) is 11.3 Å². The van der Waals surface area contributed by atoms with Gasteiger partial charge in [-0.05, 0) is 12.8 Å². The quantitative estimate of drug-likeness (QED) is 0.756. The first kappa shape index (κ1) is 12.5. The molecule has 1 aromatic rings. The van der Waals surface area contributed by atoms with E-state index in [4.69, 9.17) is 0 Å². The minimum absolute atomic E-state index is 0.115. The van der Waals surface area contributed by atoms with E-state index in [0.29, 0.717) is 0 Å². The van der Waals surface area contributed by atoms with Gasteiger partial charge in [0.25, 0.3) is 5.56 Å². The maximum Gasteiger partial charge on any atom is 0.345 e. The van der Waals surface area contributed by atoms with Crippen molar-refractivity contribution in [1.82, 2.24) is 19.7 Å². The highest BCUT2D eigenvalue weighted by Crippen LogP contribution is 2.09. The molecule has 7 nitrogen and oxygen atoms in total. The van der Waals surface area contributed by atoms with Crippen LogP contribution in [0.25, 0.3) is 0 Å². The molecule has 1 amide bonds. The molecule has 0 saturated carbocycles. The fourth-order valence-corrected chi connectivity index (χ4v) is 2.04. The number of likely N-dealkylation sites (tertiary alicyclic amines) is 1. The van der Waals surface area contributed by atoms with Gasteiger partial charge in [0.05, 0.1) is 0 Å². The number of carbonyl (C=O) groups is 1. The van der Waals surface area contributed by atoms with Crippen LogP contribution in [0.5, 0.6) is 0 Å². The third-order valence-corrected chi connectivity index (χ3v) is 3.02. The van der Waals surface area contributed by atoms with E-state index in [9.17, 15) is 14.4 Å². The molecule has 2 rings (SSSR count). The van der Waals surface area contributed by atoms with Crippen molar-refractivity contribution in [2.24, 2.45) is 0 Å². The third kappa shape index (κ3) is 3.06. The van der Waals surface area contributed by atoms with Crippen LogP contribution in [0.2, 0.25) is 0 Å². The van der Waals surface area contributed by atoms with Crippen LogP contribution in [0.15, 0.2) is 15.8 Å². The average molecular weight is 252 g/mol. The maximum atomic E-state index is 12.0. The number of nitrogens with zero attached hydrogens (tertiary/aromatic N) is 3. The molecule has 98 valence electrons. The lowest BCUT2D eigenvalue weighted by Gasteiger charge is -2.20. The zero-order chi connectivity index (χ0) is 13.0. The molecule has 1 aliphatic heterocycles. The van der Waals surface area contributed by atoms with Crippen LogP contribution in [0.1, 0.15) is 25.7 Å². The van der Waals surface area contributed by atoms with E-state index in [2.05, 4.69) is 10.1 Å². The van der Waals surface area contributed by atoms with Crippen LogP contribution in [0.4, 0.5) is 0 Å². The van der Waals surface area contributed by atoms with E-state index >= 15 is 0 Å². The molecule has 0 radical (unpaired) electrons. The summed E-state index contributed by atoms with van der Waals surface area (Å²) in [5.74, 6) is -0.126. The highest BCUT2D eigenvalue weighted by atomic mass is 16.2. The Morgan fingerprint density at radius 2 is 1.89 bits per heavy atom. The van der Waals surface area contributed by atoms with Gasteiger partial charge in [0.2, 0.25) is 5.91 Å². The van der Waals surface area contributed by atoms with Gasteiger partial charge in [-0.3, -0.25) is 14.6 Å². The fourth-order valence-electron chi connectivity index (χ4n) is 2.04. The molecule has 0 atom stereocenters. The molecule has 7 heteroatoms. The Hall–Kier alpha value is -1.92. The number of carbonyl (C=O) groups excluding carboxylic acids is 1. The van der Waals surface area contributed by atoms with Gasteiger partial charge in [-0.15, -0.1) is 0 Å². The van der Waals surface area contributed by atoms with Gasteiger partial charge in [-0.1, -0.05) is 12.8 Å². The summed E-state index contributed by atoms with van der Waals surface area (Å²) in [5.41, 5.74) is -1.20. The summed E-state index contributed by atoms with van der Waals surface area (Å²) >= 11 is 0. The molecular formula is C11H16N4O3. The Kier molecular flexibility index (Phi) is 3.91. The third-order valence-electron chi connectivity index (χ3n) is 3.02. The number of hydrogen-bond acceptors (Lipinski definition) is 4. The van der Waals surface area contributed by atoms with Gasteiger partial charge in [0.15, 0.2) is 0 Å². The standard InChI is InChI=1S/C11H16N4O3/c16-9-7-12-15(11(18)13-9)8-10(17)14-5-3-1-2-4-6-14/h7H,1-6,8H2,(H,13,16,18). The minimum atomic E-state index is -0.648. The SMILES string of the molecule is O=C(Cn1ncc(=O)[nH]c1=O)N1CCCCCC1. The van der Waals surface area contributed by atoms with E-state index in [1.807, 2.05) is 0 Å². The summed E-state index contributed by atoms with van der Waals surface area (Å²) < 4.78 is 0.981. The molecule has 0 aliphatic carbocycles. The van der Waals surface area contributed by atoms with Gasteiger partial charge in [-0.25, -0.2) is 9.48 Å². The Bertz CT molecular complexity index is 526. The smallest absolute Gasteiger partial charge is 0.341 e. The second kappa shape index (κ2) is 5.61. The van der Waals surface area contributed by atoms with E-state index in [0.717, 1.165) is 49.7 Å². The number of hydrogen-bond donors (Lipinski definition) is 1. The number of rotatable bonds is 2. The molecule has 2 heterocycles. The van der Waals surface area contributed by atoms with Crippen molar-refractivity contribution in [3.05, 3.63) is 27.0 Å². The van der Waals surface area contributed by atoms with Crippen LogP contribution < -0.4 is 11.2 Å². The lowest BCUT2D eigenvalue weighted by atomic mass is 10.2. The summed E-state index contributed by atoms with van der Waals surface area (Å²) in [6, 6.07) is 0. The molecule has 1 fully saturated rings.